The van der Waals surface area contributed by atoms with Gasteiger partial charge in [0.2, 0.25) is 0 Å². The average Bonchev–Trinajstić information content (AvgIpc) is 2.83. The highest BCUT2D eigenvalue weighted by Gasteiger charge is 2.35. The molecule has 3 aromatic rings. The van der Waals surface area contributed by atoms with E-state index in [4.69, 9.17) is 4.74 Å². The van der Waals surface area contributed by atoms with Crippen LogP contribution in [0, 0.1) is 5.82 Å². The molecule has 0 fully saturated rings. The van der Waals surface area contributed by atoms with Gasteiger partial charge in [-0.3, -0.25) is 0 Å². The number of rotatable bonds is 5. The first kappa shape index (κ1) is 24.3. The summed E-state index contributed by atoms with van der Waals surface area (Å²) in [5.41, 5.74) is 3.93. The number of anilines is 1. The molecule has 0 bridgehead atoms. The number of hydrogen-bond donors (Lipinski definition) is 1. The van der Waals surface area contributed by atoms with E-state index in [1.807, 2.05) is 24.8 Å². The molecular formula is C26H26F4N4O2. The van der Waals surface area contributed by atoms with Gasteiger partial charge in [-0.15, -0.1) is 13.2 Å². The average molecular weight is 503 g/mol. The van der Waals surface area contributed by atoms with Crippen LogP contribution in [-0.2, 0) is 19.4 Å². The predicted molar refractivity (Wildman–Crippen MR) is 127 cm³/mol. The van der Waals surface area contributed by atoms with E-state index in [0.29, 0.717) is 24.5 Å². The number of ether oxygens (including phenoxy) is 2. The summed E-state index contributed by atoms with van der Waals surface area (Å²) in [7, 11) is 0. The fourth-order valence-corrected chi connectivity index (χ4v) is 4.70. The van der Waals surface area contributed by atoms with Crippen molar-refractivity contribution >= 4 is 5.69 Å². The van der Waals surface area contributed by atoms with Crippen LogP contribution in [0.5, 0.6) is 11.5 Å². The van der Waals surface area contributed by atoms with Gasteiger partial charge < -0.3 is 19.7 Å². The Labute approximate surface area is 206 Å². The number of aromatic nitrogens is 2. The molecule has 2 aliphatic rings. The zero-order valence-electron chi connectivity index (χ0n) is 20.0. The molecule has 10 heteroatoms. The number of benzene rings is 2. The van der Waals surface area contributed by atoms with Crippen LogP contribution in [-0.4, -0.2) is 42.1 Å². The molecule has 0 unspecified atom stereocenters. The van der Waals surface area contributed by atoms with Crippen molar-refractivity contribution in [3.63, 3.8) is 0 Å². The van der Waals surface area contributed by atoms with Crippen LogP contribution < -0.4 is 19.7 Å². The third-order valence-electron chi connectivity index (χ3n) is 6.36. The van der Waals surface area contributed by atoms with Gasteiger partial charge in [-0.2, -0.15) is 0 Å². The van der Waals surface area contributed by atoms with Gasteiger partial charge >= 0.3 is 6.36 Å². The second kappa shape index (κ2) is 9.57. The van der Waals surface area contributed by atoms with Crippen molar-refractivity contribution < 1.29 is 27.0 Å². The Morgan fingerprint density at radius 1 is 1.17 bits per heavy atom. The minimum absolute atomic E-state index is 0.0200. The molecule has 6 nitrogen and oxygen atoms in total. The normalized spacial score (nSPS) is 15.4. The number of nitrogens with one attached hydrogen (secondary N) is 1. The number of fused-ring (bicyclic) bond motifs is 2. The zero-order chi connectivity index (χ0) is 25.4. The molecule has 2 aliphatic heterocycles. The van der Waals surface area contributed by atoms with Gasteiger partial charge in [0.15, 0.2) is 17.3 Å². The van der Waals surface area contributed by atoms with E-state index >= 15 is 0 Å². The van der Waals surface area contributed by atoms with E-state index in [-0.39, 0.29) is 29.7 Å². The predicted octanol–water partition coefficient (Wildman–Crippen LogP) is 5.03. The lowest BCUT2D eigenvalue weighted by Gasteiger charge is -2.35. The molecule has 2 aromatic carbocycles. The summed E-state index contributed by atoms with van der Waals surface area (Å²) in [4.78, 5) is 10.4. The summed E-state index contributed by atoms with van der Waals surface area (Å²) in [6.07, 6.45) is -2.56. The summed E-state index contributed by atoms with van der Waals surface area (Å²) < 4.78 is 64.4. The highest BCUT2D eigenvalue weighted by Crippen LogP contribution is 2.46. The minimum Gasteiger partial charge on any atom is -0.486 e. The number of alkyl halides is 3. The van der Waals surface area contributed by atoms with Crippen LogP contribution in [0.4, 0.5) is 23.2 Å². The van der Waals surface area contributed by atoms with Gasteiger partial charge in [0.25, 0.3) is 0 Å². The molecular weight excluding hydrogens is 476 g/mol. The van der Waals surface area contributed by atoms with Crippen LogP contribution in [0.2, 0.25) is 0 Å². The van der Waals surface area contributed by atoms with Crippen molar-refractivity contribution in [1.82, 2.24) is 15.3 Å². The van der Waals surface area contributed by atoms with Gasteiger partial charge in [-0.05, 0) is 55.6 Å². The molecule has 0 amide bonds. The summed E-state index contributed by atoms with van der Waals surface area (Å²) in [6, 6.07) is 8.86. The van der Waals surface area contributed by atoms with E-state index in [2.05, 4.69) is 32.2 Å². The monoisotopic (exact) mass is 502 g/mol. The van der Waals surface area contributed by atoms with Crippen molar-refractivity contribution in [3.8, 4) is 22.8 Å². The lowest BCUT2D eigenvalue weighted by molar-refractivity contribution is -0.275. The summed E-state index contributed by atoms with van der Waals surface area (Å²) in [5, 5.41) is 3.34. The molecule has 0 spiro atoms. The molecule has 1 aromatic heterocycles. The third-order valence-corrected chi connectivity index (χ3v) is 6.36. The fourth-order valence-electron chi connectivity index (χ4n) is 4.70. The molecule has 0 aliphatic carbocycles. The molecule has 3 heterocycles. The van der Waals surface area contributed by atoms with Crippen LogP contribution in [0.1, 0.15) is 36.4 Å². The van der Waals surface area contributed by atoms with Gasteiger partial charge in [-0.25, -0.2) is 14.4 Å². The smallest absolute Gasteiger partial charge is 0.486 e. The van der Waals surface area contributed by atoms with E-state index < -0.39 is 17.9 Å². The van der Waals surface area contributed by atoms with Crippen LogP contribution >= 0.6 is 0 Å². The van der Waals surface area contributed by atoms with E-state index in [1.54, 1.807) is 6.07 Å². The first-order valence-electron chi connectivity index (χ1n) is 11.8. The highest BCUT2D eigenvalue weighted by atomic mass is 19.4. The maximum absolute atomic E-state index is 14.9. The molecule has 5 rings (SSSR count). The Morgan fingerprint density at radius 3 is 2.78 bits per heavy atom. The maximum Gasteiger partial charge on any atom is 0.573 e. The molecule has 0 saturated heterocycles. The molecule has 36 heavy (non-hydrogen) atoms. The van der Waals surface area contributed by atoms with Crippen molar-refractivity contribution in [3.05, 3.63) is 64.9 Å². The first-order chi connectivity index (χ1) is 17.2. The zero-order valence-corrected chi connectivity index (χ0v) is 20.0. The van der Waals surface area contributed by atoms with E-state index in [9.17, 15) is 17.6 Å². The quantitative estimate of drug-likeness (QED) is 0.495. The first-order valence-corrected chi connectivity index (χ1v) is 11.8. The Kier molecular flexibility index (Phi) is 6.46. The highest BCUT2D eigenvalue weighted by molar-refractivity contribution is 5.76. The van der Waals surface area contributed by atoms with Gasteiger partial charge in [-0.1, -0.05) is 18.2 Å². The Bertz CT molecular complexity index is 1280. The van der Waals surface area contributed by atoms with Crippen LogP contribution in [0.25, 0.3) is 11.3 Å². The van der Waals surface area contributed by atoms with E-state index in [0.717, 1.165) is 37.3 Å². The Balaban J connectivity index is 1.54. The van der Waals surface area contributed by atoms with Gasteiger partial charge in [0.1, 0.15) is 18.1 Å². The number of hydrogen-bond acceptors (Lipinski definition) is 6. The largest absolute Gasteiger partial charge is 0.573 e. The third kappa shape index (κ3) is 5.09. The molecule has 0 radical (unpaired) electrons. The van der Waals surface area contributed by atoms with Gasteiger partial charge in [0.05, 0.1) is 18.4 Å². The molecule has 0 saturated carbocycles. The second-order valence-electron chi connectivity index (χ2n) is 9.20. The summed E-state index contributed by atoms with van der Waals surface area (Å²) >= 11 is 0. The van der Waals surface area contributed by atoms with Crippen molar-refractivity contribution in [2.24, 2.45) is 0 Å². The Morgan fingerprint density at radius 2 is 2.00 bits per heavy atom. The molecule has 1 N–H and O–H groups in total. The van der Waals surface area contributed by atoms with Gasteiger partial charge in [0, 0.05) is 24.6 Å². The summed E-state index contributed by atoms with van der Waals surface area (Å²) in [6.45, 7) is 6.25. The second-order valence-corrected chi connectivity index (χ2v) is 9.20. The lowest BCUT2D eigenvalue weighted by Crippen LogP contribution is -2.38. The standard InChI is InChI=1S/C26H26F4N4O2/c1-15(2)34-7-8-35-25-21(34)11-18(12-22(25)36-26(28,29)30)24-20(27)14-32-23(33-24)10-16-3-4-17-5-6-31-13-19(17)9-16/h3-4,9,11-12,14-15,31H,5-8,10,13H2,1-2H3. The maximum atomic E-state index is 14.9. The van der Waals surface area contributed by atoms with E-state index in [1.165, 1.54) is 11.1 Å². The van der Waals surface area contributed by atoms with Crippen LogP contribution in [0.3, 0.4) is 0 Å². The topological polar surface area (TPSA) is 59.5 Å². The molecule has 190 valence electrons. The summed E-state index contributed by atoms with van der Waals surface area (Å²) in [5.74, 6) is -0.919. The number of halogens is 4. The lowest BCUT2D eigenvalue weighted by atomic mass is 9.97. The minimum atomic E-state index is -4.94. The molecule has 0 atom stereocenters. The Hall–Kier alpha value is -3.40. The van der Waals surface area contributed by atoms with Crippen LogP contribution in [0.15, 0.2) is 36.5 Å². The van der Waals surface area contributed by atoms with Crippen molar-refractivity contribution in [2.45, 2.75) is 45.6 Å². The number of nitrogens with zero attached hydrogens (tertiary/aromatic N) is 3. The fraction of sp³-hybridized carbons (Fsp3) is 0.385. The van der Waals surface area contributed by atoms with Crippen molar-refractivity contribution in [1.29, 1.82) is 0 Å². The van der Waals surface area contributed by atoms with Crippen molar-refractivity contribution in [2.75, 3.05) is 24.6 Å². The SMILES string of the molecule is CC(C)N1CCOc2c(OC(F)(F)F)cc(-c3nc(Cc4ccc5c(c4)CNCC5)ncc3F)cc21.